The molecule has 0 bridgehead atoms. The van der Waals surface area contributed by atoms with Gasteiger partial charge in [0.2, 0.25) is 0 Å². The van der Waals surface area contributed by atoms with Crippen molar-refractivity contribution in [3.05, 3.63) is 71.5 Å². The van der Waals surface area contributed by atoms with Crippen molar-refractivity contribution in [2.75, 3.05) is 11.1 Å². The molecular formula is C20H14N2O4. The van der Waals surface area contributed by atoms with Crippen molar-refractivity contribution in [3.63, 3.8) is 0 Å². The fourth-order valence-corrected chi connectivity index (χ4v) is 2.92. The van der Waals surface area contributed by atoms with E-state index in [9.17, 15) is 9.59 Å². The summed E-state index contributed by atoms with van der Waals surface area (Å²) >= 11 is 0. The van der Waals surface area contributed by atoms with Crippen LogP contribution in [0.2, 0.25) is 0 Å². The molecule has 0 atom stereocenters. The van der Waals surface area contributed by atoms with Gasteiger partial charge in [-0.15, -0.1) is 0 Å². The van der Waals surface area contributed by atoms with E-state index in [0.29, 0.717) is 28.3 Å². The van der Waals surface area contributed by atoms with Crippen molar-refractivity contribution in [1.29, 1.82) is 0 Å². The molecule has 26 heavy (non-hydrogen) atoms. The van der Waals surface area contributed by atoms with Crippen molar-refractivity contribution >= 4 is 34.9 Å². The maximum Gasteiger partial charge on any atom is 0.335 e. The topological polar surface area (TPSA) is 106 Å². The Bertz CT molecular complexity index is 1080. The molecular weight excluding hydrogens is 332 g/mol. The molecule has 1 aromatic heterocycles. The Morgan fingerprint density at radius 2 is 1.88 bits per heavy atom. The first-order valence-corrected chi connectivity index (χ1v) is 7.88. The molecule has 0 saturated carbocycles. The quantitative estimate of drug-likeness (QED) is 0.495. The number of nitrogens with two attached hydrogens (primary N) is 1. The van der Waals surface area contributed by atoms with Crippen LogP contribution >= 0.6 is 0 Å². The minimum Gasteiger partial charge on any atom is -0.478 e. The molecule has 0 saturated heterocycles. The Morgan fingerprint density at radius 3 is 2.65 bits per heavy atom. The van der Waals surface area contributed by atoms with Crippen LogP contribution in [0.4, 0.5) is 11.4 Å². The summed E-state index contributed by atoms with van der Waals surface area (Å²) in [6, 6.07) is 15.4. The molecule has 4 N–H and O–H groups in total. The zero-order chi connectivity index (χ0) is 18.3. The number of carboxylic acid groups (broad SMARTS) is 1. The van der Waals surface area contributed by atoms with Crippen molar-refractivity contribution in [2.24, 2.45) is 0 Å². The number of amides is 1. The van der Waals surface area contributed by atoms with E-state index >= 15 is 0 Å². The summed E-state index contributed by atoms with van der Waals surface area (Å²) in [7, 11) is 0. The molecule has 6 nitrogen and oxygen atoms in total. The lowest BCUT2D eigenvalue weighted by molar-refractivity contribution is -0.110. The first-order valence-electron chi connectivity index (χ1n) is 7.88. The number of nitrogens with one attached hydrogen (secondary N) is 1. The number of benzene rings is 2. The van der Waals surface area contributed by atoms with Gasteiger partial charge in [-0.3, -0.25) is 4.79 Å². The van der Waals surface area contributed by atoms with Gasteiger partial charge in [0.1, 0.15) is 11.5 Å². The maximum atomic E-state index is 12.2. The highest BCUT2D eigenvalue weighted by Crippen LogP contribution is 2.34. The van der Waals surface area contributed by atoms with Crippen LogP contribution in [0.15, 0.2) is 59.0 Å². The van der Waals surface area contributed by atoms with Crippen LogP contribution in [0.1, 0.15) is 21.7 Å². The number of furan rings is 1. The number of aromatic carboxylic acids is 1. The minimum atomic E-state index is -1.04. The van der Waals surface area contributed by atoms with Gasteiger partial charge in [0, 0.05) is 22.5 Å². The summed E-state index contributed by atoms with van der Waals surface area (Å²) in [4.78, 5) is 23.2. The number of nitrogen functional groups attached to an aromatic ring is 1. The summed E-state index contributed by atoms with van der Waals surface area (Å²) in [5, 5.41) is 11.8. The molecule has 1 aliphatic heterocycles. The number of carbonyl (C=O) groups excluding carboxylic acids is 1. The minimum absolute atomic E-state index is 0.111. The standard InChI is InChI=1S/C20H14N2O4/c21-16-9-11(20(24)25)5-7-14(16)18-8-6-12(26-18)10-15-13-3-1-2-4-17(13)22-19(15)23/h1-10H,21H2,(H,22,23)(H,24,25)/b15-10+. The van der Waals surface area contributed by atoms with E-state index in [1.165, 1.54) is 12.1 Å². The van der Waals surface area contributed by atoms with Crippen LogP contribution in [0, 0.1) is 0 Å². The van der Waals surface area contributed by atoms with E-state index in [1.54, 1.807) is 24.3 Å². The normalized spacial score (nSPS) is 14.3. The van der Waals surface area contributed by atoms with Crippen molar-refractivity contribution in [2.45, 2.75) is 0 Å². The zero-order valence-electron chi connectivity index (χ0n) is 13.5. The summed E-state index contributed by atoms with van der Waals surface area (Å²) < 4.78 is 5.79. The number of para-hydroxylation sites is 1. The number of hydrogen-bond acceptors (Lipinski definition) is 4. The van der Waals surface area contributed by atoms with E-state index in [1.807, 2.05) is 24.3 Å². The highest BCUT2D eigenvalue weighted by atomic mass is 16.4. The van der Waals surface area contributed by atoms with Gasteiger partial charge in [-0.2, -0.15) is 0 Å². The predicted octanol–water partition coefficient (Wildman–Crippen LogP) is 3.72. The predicted molar refractivity (Wildman–Crippen MR) is 98.5 cm³/mol. The summed E-state index contributed by atoms with van der Waals surface area (Å²) in [5.41, 5.74) is 9.07. The number of rotatable bonds is 3. The first-order chi connectivity index (χ1) is 12.5. The van der Waals surface area contributed by atoms with Crippen LogP contribution in [0.25, 0.3) is 23.0 Å². The molecule has 3 aromatic rings. The Morgan fingerprint density at radius 1 is 1.08 bits per heavy atom. The monoisotopic (exact) mass is 346 g/mol. The van der Waals surface area contributed by atoms with E-state index in [4.69, 9.17) is 15.3 Å². The summed E-state index contributed by atoms with van der Waals surface area (Å²) in [6.45, 7) is 0. The molecule has 0 fully saturated rings. The van der Waals surface area contributed by atoms with Gasteiger partial charge >= 0.3 is 5.97 Å². The van der Waals surface area contributed by atoms with Gasteiger partial charge in [-0.25, -0.2) is 4.79 Å². The molecule has 2 heterocycles. The van der Waals surface area contributed by atoms with Gasteiger partial charge in [-0.1, -0.05) is 18.2 Å². The molecule has 0 aliphatic carbocycles. The molecule has 2 aromatic carbocycles. The van der Waals surface area contributed by atoms with Crippen LogP contribution < -0.4 is 11.1 Å². The second-order valence-electron chi connectivity index (χ2n) is 5.87. The van der Waals surface area contributed by atoms with Crippen LogP contribution in [-0.4, -0.2) is 17.0 Å². The Balaban J connectivity index is 1.69. The van der Waals surface area contributed by atoms with Crippen molar-refractivity contribution < 1.29 is 19.1 Å². The second-order valence-corrected chi connectivity index (χ2v) is 5.87. The molecule has 6 heteroatoms. The lowest BCUT2D eigenvalue weighted by Crippen LogP contribution is -2.03. The Kier molecular flexibility index (Phi) is 3.58. The lowest BCUT2D eigenvalue weighted by Gasteiger charge is -2.03. The summed E-state index contributed by atoms with van der Waals surface area (Å²) in [6.07, 6.45) is 1.67. The van der Waals surface area contributed by atoms with E-state index in [0.717, 1.165) is 11.3 Å². The van der Waals surface area contributed by atoms with Gasteiger partial charge in [0.25, 0.3) is 5.91 Å². The van der Waals surface area contributed by atoms with Crippen molar-refractivity contribution in [3.8, 4) is 11.3 Å². The highest BCUT2D eigenvalue weighted by Gasteiger charge is 2.23. The molecule has 0 radical (unpaired) electrons. The van der Waals surface area contributed by atoms with Crippen LogP contribution in [0.5, 0.6) is 0 Å². The molecule has 1 aliphatic rings. The number of anilines is 2. The SMILES string of the molecule is Nc1cc(C(=O)O)ccc1-c1ccc(/C=C2/C(=O)Nc3ccccc32)o1. The average Bonchev–Trinajstić information content (AvgIpc) is 3.20. The Hall–Kier alpha value is -3.80. The highest BCUT2D eigenvalue weighted by molar-refractivity contribution is 6.34. The maximum absolute atomic E-state index is 12.2. The molecule has 128 valence electrons. The molecule has 0 unspecified atom stereocenters. The van der Waals surface area contributed by atoms with Crippen LogP contribution in [0.3, 0.4) is 0 Å². The Labute approximate surface area is 148 Å². The fraction of sp³-hybridized carbons (Fsp3) is 0. The average molecular weight is 346 g/mol. The van der Waals surface area contributed by atoms with Gasteiger partial charge < -0.3 is 20.6 Å². The van der Waals surface area contributed by atoms with E-state index in [2.05, 4.69) is 5.32 Å². The zero-order valence-corrected chi connectivity index (χ0v) is 13.5. The first kappa shape index (κ1) is 15.7. The third-order valence-corrected chi connectivity index (χ3v) is 4.19. The lowest BCUT2D eigenvalue weighted by atomic mass is 10.1. The second kappa shape index (κ2) is 5.93. The third kappa shape index (κ3) is 2.63. The van der Waals surface area contributed by atoms with Crippen LogP contribution in [-0.2, 0) is 4.79 Å². The largest absolute Gasteiger partial charge is 0.478 e. The fourth-order valence-electron chi connectivity index (χ4n) is 2.92. The molecule has 1 amide bonds. The number of carbonyl (C=O) groups is 2. The van der Waals surface area contributed by atoms with E-state index in [-0.39, 0.29) is 11.5 Å². The molecule has 4 rings (SSSR count). The number of fused-ring (bicyclic) bond motifs is 1. The van der Waals surface area contributed by atoms with Gasteiger partial charge in [0.15, 0.2) is 0 Å². The molecule has 0 spiro atoms. The number of hydrogen-bond donors (Lipinski definition) is 3. The summed E-state index contributed by atoms with van der Waals surface area (Å²) in [5.74, 6) is -0.227. The third-order valence-electron chi connectivity index (χ3n) is 4.19. The van der Waals surface area contributed by atoms with Crippen molar-refractivity contribution in [1.82, 2.24) is 0 Å². The van der Waals surface area contributed by atoms with E-state index < -0.39 is 5.97 Å². The number of carboxylic acids is 1. The smallest absolute Gasteiger partial charge is 0.335 e. The van der Waals surface area contributed by atoms with Gasteiger partial charge in [0.05, 0.1) is 11.1 Å². The van der Waals surface area contributed by atoms with Gasteiger partial charge in [-0.05, 0) is 42.5 Å².